The lowest BCUT2D eigenvalue weighted by Crippen LogP contribution is -2.54. The van der Waals surface area contributed by atoms with Crippen LogP contribution in [-0.4, -0.2) is 28.9 Å². The molecule has 1 unspecified atom stereocenters. The van der Waals surface area contributed by atoms with Gasteiger partial charge in [-0.3, -0.25) is 15.4 Å². The molecule has 1 amide bonds. The molecule has 0 fully saturated rings. The molecular formula is C21H25FN4O2. The topological polar surface area (TPSA) is 66.0 Å². The number of carbonyl (C=O) groups is 1. The molecule has 0 bridgehead atoms. The highest BCUT2D eigenvalue weighted by molar-refractivity contribution is 5.68. The zero-order valence-corrected chi connectivity index (χ0v) is 16.4. The van der Waals surface area contributed by atoms with Crippen LogP contribution in [0.1, 0.15) is 27.7 Å². The average Bonchev–Trinajstić information content (AvgIpc) is 2.61. The fourth-order valence-electron chi connectivity index (χ4n) is 2.84. The fourth-order valence-corrected chi connectivity index (χ4v) is 2.84. The van der Waals surface area contributed by atoms with Crippen LogP contribution >= 0.6 is 0 Å². The number of benzene rings is 2. The number of nitrogens with zero attached hydrogens (tertiary/aromatic N) is 2. The van der Waals surface area contributed by atoms with Crippen LogP contribution in [0.5, 0.6) is 0 Å². The molecule has 148 valence electrons. The zero-order valence-electron chi connectivity index (χ0n) is 16.4. The Bertz CT molecular complexity index is 954. The molecule has 1 heterocycles. The molecule has 1 aliphatic heterocycles. The quantitative estimate of drug-likeness (QED) is 0.851. The van der Waals surface area contributed by atoms with Crippen molar-refractivity contribution in [3.63, 3.8) is 0 Å². The Morgan fingerprint density at radius 3 is 2.54 bits per heavy atom. The summed E-state index contributed by atoms with van der Waals surface area (Å²) in [5, 5.41) is 6.43. The minimum Gasteiger partial charge on any atom is -0.444 e. The SMILES string of the molecule is CC(NC(=O)OC(C)(C)C)[C@H]1N=c2ccccc2=CN1Nc1ccc(F)cc1. The van der Waals surface area contributed by atoms with Gasteiger partial charge in [0.1, 0.15) is 11.4 Å². The van der Waals surface area contributed by atoms with E-state index in [4.69, 9.17) is 9.73 Å². The first kappa shape index (κ1) is 19.7. The minimum absolute atomic E-state index is 0.306. The minimum atomic E-state index is -0.585. The molecule has 2 aromatic rings. The summed E-state index contributed by atoms with van der Waals surface area (Å²) in [5.74, 6) is -0.306. The van der Waals surface area contributed by atoms with Crippen molar-refractivity contribution in [1.82, 2.24) is 10.3 Å². The van der Waals surface area contributed by atoms with E-state index in [1.807, 2.05) is 58.2 Å². The Balaban J connectivity index is 1.85. The normalized spacial score (nSPS) is 16.9. The summed E-state index contributed by atoms with van der Waals surface area (Å²) in [6.07, 6.45) is 0.993. The summed E-state index contributed by atoms with van der Waals surface area (Å²) >= 11 is 0. The number of hydrogen-bond donors (Lipinski definition) is 2. The van der Waals surface area contributed by atoms with E-state index in [-0.39, 0.29) is 11.9 Å². The summed E-state index contributed by atoms with van der Waals surface area (Å²) in [4.78, 5) is 17.0. The molecule has 2 N–H and O–H groups in total. The summed E-state index contributed by atoms with van der Waals surface area (Å²) in [7, 11) is 0. The molecule has 6 nitrogen and oxygen atoms in total. The molecule has 28 heavy (non-hydrogen) atoms. The van der Waals surface area contributed by atoms with E-state index in [9.17, 15) is 9.18 Å². The van der Waals surface area contributed by atoms with Crippen LogP contribution in [0.2, 0.25) is 0 Å². The number of amides is 1. The Labute approximate surface area is 163 Å². The molecule has 0 spiro atoms. The lowest BCUT2D eigenvalue weighted by atomic mass is 10.2. The van der Waals surface area contributed by atoms with Crippen LogP contribution in [0.3, 0.4) is 0 Å². The monoisotopic (exact) mass is 384 g/mol. The van der Waals surface area contributed by atoms with Gasteiger partial charge in [0.05, 0.1) is 17.1 Å². The summed E-state index contributed by atoms with van der Waals surface area (Å²) in [5.41, 5.74) is 3.35. The van der Waals surface area contributed by atoms with Crippen LogP contribution in [0.4, 0.5) is 14.9 Å². The molecule has 0 saturated carbocycles. The van der Waals surface area contributed by atoms with E-state index in [1.165, 1.54) is 12.1 Å². The zero-order chi connectivity index (χ0) is 20.3. The van der Waals surface area contributed by atoms with Crippen molar-refractivity contribution < 1.29 is 13.9 Å². The van der Waals surface area contributed by atoms with Crippen molar-refractivity contribution in [2.24, 2.45) is 4.99 Å². The van der Waals surface area contributed by atoms with Gasteiger partial charge >= 0.3 is 6.09 Å². The summed E-state index contributed by atoms with van der Waals surface area (Å²) in [6, 6.07) is 13.4. The molecule has 0 aliphatic carbocycles. The lowest BCUT2D eigenvalue weighted by Gasteiger charge is -2.35. The number of carbonyl (C=O) groups excluding carboxylic acids is 1. The fraction of sp³-hybridized carbons (Fsp3) is 0.333. The summed E-state index contributed by atoms with van der Waals surface area (Å²) in [6.45, 7) is 7.30. The second-order valence-corrected chi connectivity index (χ2v) is 7.69. The first-order chi connectivity index (χ1) is 13.2. The maximum atomic E-state index is 13.2. The van der Waals surface area contributed by atoms with E-state index in [0.717, 1.165) is 10.6 Å². The van der Waals surface area contributed by atoms with Crippen molar-refractivity contribution >= 4 is 18.0 Å². The second kappa shape index (κ2) is 7.88. The number of halogens is 1. The Kier molecular flexibility index (Phi) is 5.53. The van der Waals surface area contributed by atoms with Gasteiger partial charge in [0.2, 0.25) is 0 Å². The number of hydrogen-bond acceptors (Lipinski definition) is 5. The van der Waals surface area contributed by atoms with E-state index in [1.54, 1.807) is 17.1 Å². The molecule has 3 rings (SSSR count). The highest BCUT2D eigenvalue weighted by Crippen LogP contribution is 2.15. The molecule has 7 heteroatoms. The third-order valence-electron chi connectivity index (χ3n) is 4.07. The van der Waals surface area contributed by atoms with E-state index >= 15 is 0 Å². The van der Waals surface area contributed by atoms with Crippen LogP contribution in [0.25, 0.3) is 6.20 Å². The van der Waals surface area contributed by atoms with Gasteiger partial charge in [-0.05, 0) is 58.0 Å². The highest BCUT2D eigenvalue weighted by atomic mass is 19.1. The van der Waals surface area contributed by atoms with E-state index in [0.29, 0.717) is 5.69 Å². The number of ether oxygens (including phenoxy) is 1. The number of nitrogens with one attached hydrogen (secondary N) is 2. The van der Waals surface area contributed by atoms with Crippen LogP contribution in [-0.2, 0) is 4.74 Å². The number of alkyl carbamates (subject to hydrolysis) is 1. The van der Waals surface area contributed by atoms with Gasteiger partial charge in [0.15, 0.2) is 6.17 Å². The van der Waals surface area contributed by atoms with Crippen molar-refractivity contribution in [3.8, 4) is 0 Å². The number of para-hydroxylation sites is 1. The van der Waals surface area contributed by atoms with Gasteiger partial charge in [-0.25, -0.2) is 9.18 Å². The number of hydrazine groups is 1. The van der Waals surface area contributed by atoms with Crippen molar-refractivity contribution in [2.75, 3.05) is 5.43 Å². The Morgan fingerprint density at radius 1 is 1.18 bits per heavy atom. The van der Waals surface area contributed by atoms with Gasteiger partial charge in [-0.1, -0.05) is 18.2 Å². The van der Waals surface area contributed by atoms with Gasteiger partial charge < -0.3 is 10.1 Å². The number of anilines is 1. The molecule has 2 aromatic carbocycles. The van der Waals surface area contributed by atoms with Crippen molar-refractivity contribution in [3.05, 3.63) is 64.9 Å². The Morgan fingerprint density at radius 2 is 1.86 bits per heavy atom. The van der Waals surface area contributed by atoms with Crippen molar-refractivity contribution in [1.29, 1.82) is 0 Å². The van der Waals surface area contributed by atoms with E-state index < -0.39 is 17.9 Å². The van der Waals surface area contributed by atoms with Crippen LogP contribution in [0, 0.1) is 5.82 Å². The third-order valence-corrected chi connectivity index (χ3v) is 4.07. The van der Waals surface area contributed by atoms with Crippen LogP contribution < -0.4 is 21.3 Å². The van der Waals surface area contributed by atoms with Gasteiger partial charge in [-0.15, -0.1) is 0 Å². The first-order valence-electron chi connectivity index (χ1n) is 9.16. The average molecular weight is 384 g/mol. The standard InChI is InChI=1S/C21H25FN4O2/c1-14(23-20(27)28-21(2,3)4)19-24-18-8-6-5-7-15(18)13-26(19)25-17-11-9-16(22)10-12-17/h5-14,19,25H,1-4H3,(H,23,27)/t14?,19-/m0/s1. The van der Waals surface area contributed by atoms with Crippen LogP contribution in [0.15, 0.2) is 53.5 Å². The number of rotatable bonds is 4. The second-order valence-electron chi connectivity index (χ2n) is 7.69. The molecule has 2 atom stereocenters. The molecule has 1 aliphatic rings. The molecular weight excluding hydrogens is 359 g/mol. The summed E-state index contributed by atoms with van der Waals surface area (Å²) < 4.78 is 18.6. The maximum Gasteiger partial charge on any atom is 0.408 e. The number of fused-ring (bicyclic) bond motifs is 1. The van der Waals surface area contributed by atoms with Crippen molar-refractivity contribution in [2.45, 2.75) is 45.5 Å². The first-order valence-corrected chi connectivity index (χ1v) is 9.16. The predicted molar refractivity (Wildman–Crippen MR) is 106 cm³/mol. The molecule has 0 saturated heterocycles. The largest absolute Gasteiger partial charge is 0.444 e. The smallest absolute Gasteiger partial charge is 0.408 e. The molecule has 0 aromatic heterocycles. The maximum absolute atomic E-state index is 13.2. The van der Waals surface area contributed by atoms with Gasteiger partial charge in [0.25, 0.3) is 0 Å². The van der Waals surface area contributed by atoms with Gasteiger partial charge in [-0.2, -0.15) is 0 Å². The Hall–Kier alpha value is -3.09. The third kappa shape index (κ3) is 5.00. The molecule has 0 radical (unpaired) electrons. The predicted octanol–water partition coefficient (Wildman–Crippen LogP) is 2.77. The van der Waals surface area contributed by atoms with Gasteiger partial charge in [0, 0.05) is 11.4 Å². The van der Waals surface area contributed by atoms with E-state index in [2.05, 4.69) is 10.7 Å². The highest BCUT2D eigenvalue weighted by Gasteiger charge is 2.27. The lowest BCUT2D eigenvalue weighted by molar-refractivity contribution is 0.0487.